The second-order valence-corrected chi connectivity index (χ2v) is 6.61. The Morgan fingerprint density at radius 2 is 2.16 bits per heavy atom. The number of amides is 1. The Labute approximate surface area is 110 Å². The van der Waals surface area contributed by atoms with Crippen LogP contribution in [0.4, 0.5) is 10.1 Å². The van der Waals surface area contributed by atoms with Gasteiger partial charge in [-0.2, -0.15) is 0 Å². The van der Waals surface area contributed by atoms with Gasteiger partial charge in [-0.15, -0.1) is 0 Å². The van der Waals surface area contributed by atoms with E-state index in [1.807, 2.05) is 0 Å². The largest absolute Gasteiger partial charge is 0.348 e. The summed E-state index contributed by atoms with van der Waals surface area (Å²) in [6.45, 7) is 0. The first-order valence-electron chi connectivity index (χ1n) is 5.69. The average molecular weight is 287 g/mol. The van der Waals surface area contributed by atoms with Gasteiger partial charge >= 0.3 is 0 Å². The van der Waals surface area contributed by atoms with Crippen molar-refractivity contribution in [2.45, 2.75) is 12.5 Å². The van der Waals surface area contributed by atoms with Crippen molar-refractivity contribution < 1.29 is 17.6 Å². The highest BCUT2D eigenvalue weighted by molar-refractivity contribution is 7.91. The molecular formula is C11H14FN3O3S. The third-order valence-electron chi connectivity index (χ3n) is 2.97. The molecule has 1 atom stereocenters. The van der Waals surface area contributed by atoms with E-state index in [1.165, 1.54) is 18.2 Å². The maximum Gasteiger partial charge on any atom is 0.253 e. The van der Waals surface area contributed by atoms with Crippen molar-refractivity contribution in [1.29, 1.82) is 0 Å². The first-order chi connectivity index (χ1) is 8.93. The van der Waals surface area contributed by atoms with Gasteiger partial charge in [-0.05, 0) is 18.6 Å². The second-order valence-electron chi connectivity index (χ2n) is 4.38. The number of rotatable bonds is 3. The molecule has 1 fully saturated rings. The minimum atomic E-state index is -3.08. The Hall–Kier alpha value is -1.67. The van der Waals surface area contributed by atoms with Crippen LogP contribution in [0.2, 0.25) is 0 Å². The number of para-hydroxylation sites is 1. The number of sulfone groups is 1. The van der Waals surface area contributed by atoms with Crippen LogP contribution in [-0.2, 0) is 9.84 Å². The third-order valence-corrected chi connectivity index (χ3v) is 4.74. The van der Waals surface area contributed by atoms with Gasteiger partial charge in [0.15, 0.2) is 9.84 Å². The van der Waals surface area contributed by atoms with E-state index in [0.717, 1.165) is 0 Å². The Kier molecular flexibility index (Phi) is 3.72. The highest BCUT2D eigenvalue weighted by Gasteiger charge is 2.29. The quantitative estimate of drug-likeness (QED) is 0.538. The van der Waals surface area contributed by atoms with Crippen LogP contribution >= 0.6 is 0 Å². The number of benzene rings is 1. The fourth-order valence-electron chi connectivity index (χ4n) is 2.03. The van der Waals surface area contributed by atoms with Crippen LogP contribution in [0.15, 0.2) is 18.2 Å². The number of hydrogen-bond acceptors (Lipinski definition) is 5. The third kappa shape index (κ3) is 3.02. The zero-order valence-electron chi connectivity index (χ0n) is 10.0. The molecule has 0 spiro atoms. The van der Waals surface area contributed by atoms with Crippen LogP contribution in [0, 0.1) is 5.82 Å². The summed E-state index contributed by atoms with van der Waals surface area (Å²) in [5.41, 5.74) is 2.07. The standard InChI is InChI=1S/C11H14FN3O3S/c12-9-3-1-2-8(10(9)15-13)11(16)14-7-4-5-19(17,18)6-7/h1-3,7,15H,4-6,13H2,(H,14,16). The number of carbonyl (C=O) groups is 1. The van der Waals surface area contributed by atoms with Crippen molar-refractivity contribution in [1.82, 2.24) is 5.32 Å². The summed E-state index contributed by atoms with van der Waals surface area (Å²) in [4.78, 5) is 12.0. The van der Waals surface area contributed by atoms with Crippen LogP contribution in [-0.4, -0.2) is 31.9 Å². The number of nitrogens with two attached hydrogens (primary N) is 1. The van der Waals surface area contributed by atoms with Gasteiger partial charge in [0, 0.05) is 6.04 Å². The van der Waals surface area contributed by atoms with E-state index in [1.54, 1.807) is 0 Å². The molecule has 1 aliphatic rings. The molecule has 0 bridgehead atoms. The van der Waals surface area contributed by atoms with Crippen molar-refractivity contribution in [3.63, 3.8) is 0 Å². The molecule has 19 heavy (non-hydrogen) atoms. The number of nitrogens with one attached hydrogen (secondary N) is 2. The summed E-state index contributed by atoms with van der Waals surface area (Å²) in [7, 11) is -3.08. The summed E-state index contributed by atoms with van der Waals surface area (Å²) in [5.74, 6) is 3.96. The number of halogens is 1. The number of nitrogen functional groups attached to an aromatic ring is 1. The average Bonchev–Trinajstić information content (AvgIpc) is 2.68. The molecular weight excluding hydrogens is 273 g/mol. The SMILES string of the molecule is NNc1c(F)cccc1C(=O)NC1CCS(=O)(=O)C1. The van der Waals surface area contributed by atoms with Gasteiger partial charge in [-0.25, -0.2) is 12.8 Å². The van der Waals surface area contributed by atoms with Gasteiger partial charge in [0.2, 0.25) is 0 Å². The van der Waals surface area contributed by atoms with Crippen molar-refractivity contribution in [2.75, 3.05) is 16.9 Å². The molecule has 1 saturated heterocycles. The summed E-state index contributed by atoms with van der Waals surface area (Å²) in [6.07, 6.45) is 0.370. The molecule has 0 aliphatic carbocycles. The monoisotopic (exact) mass is 287 g/mol. The predicted octanol–water partition coefficient (Wildman–Crippen LogP) is 0.0282. The Morgan fingerprint density at radius 1 is 1.42 bits per heavy atom. The van der Waals surface area contributed by atoms with Crippen molar-refractivity contribution in [3.05, 3.63) is 29.6 Å². The fraction of sp³-hybridized carbons (Fsp3) is 0.364. The summed E-state index contributed by atoms with van der Waals surface area (Å²) in [6, 6.07) is 3.53. The van der Waals surface area contributed by atoms with Gasteiger partial charge in [0.25, 0.3) is 5.91 Å². The van der Waals surface area contributed by atoms with Crippen LogP contribution in [0.5, 0.6) is 0 Å². The van der Waals surface area contributed by atoms with Crippen molar-refractivity contribution >= 4 is 21.4 Å². The van der Waals surface area contributed by atoms with Crippen LogP contribution in [0.1, 0.15) is 16.8 Å². The predicted molar refractivity (Wildman–Crippen MR) is 68.7 cm³/mol. The highest BCUT2D eigenvalue weighted by Crippen LogP contribution is 2.19. The first-order valence-corrected chi connectivity index (χ1v) is 7.51. The minimum absolute atomic E-state index is 0.0480. The van der Waals surface area contributed by atoms with Crippen molar-refractivity contribution in [3.8, 4) is 0 Å². The number of hydrogen-bond donors (Lipinski definition) is 3. The van der Waals surface area contributed by atoms with Crippen LogP contribution in [0.3, 0.4) is 0 Å². The lowest BCUT2D eigenvalue weighted by atomic mass is 10.1. The molecule has 8 heteroatoms. The minimum Gasteiger partial charge on any atom is -0.348 e. The molecule has 1 aliphatic heterocycles. The van der Waals surface area contributed by atoms with E-state index in [0.29, 0.717) is 6.42 Å². The normalized spacial score (nSPS) is 21.1. The van der Waals surface area contributed by atoms with E-state index in [4.69, 9.17) is 5.84 Å². The summed E-state index contributed by atoms with van der Waals surface area (Å²) >= 11 is 0. The molecule has 1 unspecified atom stereocenters. The maximum absolute atomic E-state index is 13.4. The molecule has 104 valence electrons. The second kappa shape index (κ2) is 5.14. The molecule has 1 amide bonds. The molecule has 1 aromatic carbocycles. The van der Waals surface area contributed by atoms with Gasteiger partial charge in [-0.1, -0.05) is 6.07 Å². The van der Waals surface area contributed by atoms with E-state index in [9.17, 15) is 17.6 Å². The maximum atomic E-state index is 13.4. The highest BCUT2D eigenvalue weighted by atomic mass is 32.2. The molecule has 1 heterocycles. The van der Waals surface area contributed by atoms with Crippen LogP contribution < -0.4 is 16.6 Å². The molecule has 0 radical (unpaired) electrons. The molecule has 0 saturated carbocycles. The molecule has 6 nitrogen and oxygen atoms in total. The number of anilines is 1. The molecule has 2 rings (SSSR count). The lowest BCUT2D eigenvalue weighted by molar-refractivity contribution is 0.0941. The summed E-state index contributed by atoms with van der Waals surface area (Å²) in [5, 5.41) is 2.57. The van der Waals surface area contributed by atoms with E-state index < -0.39 is 27.6 Å². The molecule has 0 aromatic heterocycles. The fourth-order valence-corrected chi connectivity index (χ4v) is 3.71. The lowest BCUT2D eigenvalue weighted by Gasteiger charge is -2.13. The van der Waals surface area contributed by atoms with Crippen molar-refractivity contribution in [2.24, 2.45) is 5.84 Å². The Balaban J connectivity index is 2.15. The molecule has 4 N–H and O–H groups in total. The topological polar surface area (TPSA) is 101 Å². The lowest BCUT2D eigenvalue weighted by Crippen LogP contribution is -2.36. The Morgan fingerprint density at radius 3 is 2.74 bits per heavy atom. The first kappa shape index (κ1) is 13.8. The van der Waals surface area contributed by atoms with Gasteiger partial charge in [0.1, 0.15) is 5.82 Å². The van der Waals surface area contributed by atoms with Gasteiger partial charge in [-0.3, -0.25) is 10.6 Å². The summed E-state index contributed by atoms with van der Waals surface area (Å²) < 4.78 is 36.0. The van der Waals surface area contributed by atoms with Gasteiger partial charge < -0.3 is 10.7 Å². The smallest absolute Gasteiger partial charge is 0.253 e. The number of hydrazine groups is 1. The van der Waals surface area contributed by atoms with Gasteiger partial charge in [0.05, 0.1) is 22.8 Å². The number of carbonyl (C=O) groups excluding carboxylic acids is 1. The van der Waals surface area contributed by atoms with E-state index in [-0.39, 0.29) is 22.8 Å². The van der Waals surface area contributed by atoms with E-state index >= 15 is 0 Å². The zero-order chi connectivity index (χ0) is 14.0. The molecule has 1 aromatic rings. The van der Waals surface area contributed by atoms with Crippen LogP contribution in [0.25, 0.3) is 0 Å². The zero-order valence-corrected chi connectivity index (χ0v) is 10.8. The van der Waals surface area contributed by atoms with E-state index in [2.05, 4.69) is 10.7 Å². The Bertz CT molecular complexity index is 603.